The molecule has 5 nitrogen and oxygen atoms in total. The van der Waals surface area contributed by atoms with Crippen LogP contribution in [-0.2, 0) is 19.1 Å². The summed E-state index contributed by atoms with van der Waals surface area (Å²) in [5, 5.41) is 2.23. The number of hydrogen-bond donors (Lipinski definition) is 1. The lowest BCUT2D eigenvalue weighted by Crippen LogP contribution is -2.60. The van der Waals surface area contributed by atoms with Crippen molar-refractivity contribution in [3.63, 3.8) is 0 Å². The van der Waals surface area contributed by atoms with Crippen molar-refractivity contribution in [1.29, 1.82) is 0 Å². The second kappa shape index (κ2) is 6.34. The first-order chi connectivity index (χ1) is 11.1. The lowest BCUT2D eigenvalue weighted by Gasteiger charge is -2.33. The van der Waals surface area contributed by atoms with Crippen molar-refractivity contribution >= 4 is 17.7 Å². The fourth-order valence-electron chi connectivity index (χ4n) is 2.21. The van der Waals surface area contributed by atoms with Crippen LogP contribution in [0.4, 0.5) is 26.3 Å². The highest BCUT2D eigenvalue weighted by atomic mass is 19.4. The van der Waals surface area contributed by atoms with Crippen molar-refractivity contribution in [2.45, 2.75) is 50.0 Å². The number of amides is 1. The average Bonchev–Trinajstić information content (AvgIpc) is 3.04. The minimum atomic E-state index is -6.11. The molecule has 11 heteroatoms. The molecule has 0 aromatic heterocycles. The summed E-state index contributed by atoms with van der Waals surface area (Å²) in [6.45, 7) is 3.08. The van der Waals surface area contributed by atoms with Crippen LogP contribution in [0.25, 0.3) is 0 Å². The molecule has 0 spiro atoms. The van der Waals surface area contributed by atoms with E-state index in [4.69, 9.17) is 0 Å². The zero-order chi connectivity index (χ0) is 19.8. The van der Waals surface area contributed by atoms with Crippen LogP contribution in [0.1, 0.15) is 26.7 Å². The normalized spacial score (nSPS) is 22.8. The third-order valence-electron chi connectivity index (χ3n) is 3.72. The molecule has 1 aliphatic carbocycles. The molecule has 0 heterocycles. The number of halogens is 6. The first-order valence-electron chi connectivity index (χ1n) is 6.90. The predicted molar refractivity (Wildman–Crippen MR) is 71.4 cm³/mol. The van der Waals surface area contributed by atoms with Gasteiger partial charge in [-0.3, -0.25) is 9.59 Å². The molecule has 1 fully saturated rings. The van der Waals surface area contributed by atoms with Crippen molar-refractivity contribution in [3.05, 3.63) is 12.2 Å². The molecule has 1 rings (SSSR count). The smallest absolute Gasteiger partial charge is 0.433 e. The van der Waals surface area contributed by atoms with Crippen LogP contribution in [0.15, 0.2) is 12.2 Å². The molecule has 0 radical (unpaired) electrons. The molecule has 0 aliphatic heterocycles. The van der Waals surface area contributed by atoms with Crippen LogP contribution in [0.3, 0.4) is 0 Å². The van der Waals surface area contributed by atoms with Gasteiger partial charge >= 0.3 is 18.1 Å². The van der Waals surface area contributed by atoms with Crippen LogP contribution in [0, 0.1) is 0 Å². The summed E-state index contributed by atoms with van der Waals surface area (Å²) >= 11 is 0. The third kappa shape index (κ3) is 3.64. The fraction of sp³-hybridized carbons (Fsp3) is 0.643. The van der Waals surface area contributed by atoms with E-state index >= 15 is 0 Å². The van der Waals surface area contributed by atoms with Gasteiger partial charge in [0.2, 0.25) is 5.91 Å². The number of alkyl halides is 6. The summed E-state index contributed by atoms with van der Waals surface area (Å²) in [6.07, 6.45) is -6.67. The second-order valence-electron chi connectivity index (χ2n) is 5.76. The highest BCUT2D eigenvalue weighted by Crippen LogP contribution is 2.50. The Morgan fingerprint density at radius 3 is 2.00 bits per heavy atom. The maximum absolute atomic E-state index is 14.0. The summed E-state index contributed by atoms with van der Waals surface area (Å²) in [5.74, 6) is -9.39. The molecule has 1 amide bonds. The highest BCUT2D eigenvalue weighted by Gasteiger charge is 2.75. The van der Waals surface area contributed by atoms with Crippen molar-refractivity contribution in [1.82, 2.24) is 5.32 Å². The maximum atomic E-state index is 14.0. The van der Waals surface area contributed by atoms with Gasteiger partial charge in [-0.1, -0.05) is 6.58 Å². The summed E-state index contributed by atoms with van der Waals surface area (Å²) in [4.78, 5) is 33.6. The van der Waals surface area contributed by atoms with Crippen LogP contribution in [-0.4, -0.2) is 47.6 Å². The molecule has 1 N–H and O–H groups in total. The molecule has 2 unspecified atom stereocenters. The van der Waals surface area contributed by atoms with Crippen LogP contribution < -0.4 is 5.32 Å². The van der Waals surface area contributed by atoms with E-state index in [1.54, 1.807) is 0 Å². The van der Waals surface area contributed by atoms with Crippen LogP contribution in [0.2, 0.25) is 0 Å². The Labute approximate surface area is 138 Å². The van der Waals surface area contributed by atoms with E-state index in [-0.39, 0.29) is 6.42 Å². The summed E-state index contributed by atoms with van der Waals surface area (Å²) in [6, 6.07) is 0. The number of ketones is 1. The molecular formula is C14H15F6NO4. The molecule has 2 atom stereocenters. The number of nitrogens with one attached hydrogen (secondary N) is 1. The minimum Gasteiger partial charge on any atom is -0.461 e. The monoisotopic (exact) mass is 375 g/mol. The molecule has 0 saturated heterocycles. The van der Waals surface area contributed by atoms with Gasteiger partial charge in [0.15, 0.2) is 5.78 Å². The number of ether oxygens (including phenoxy) is 1. The van der Waals surface area contributed by atoms with E-state index in [1.165, 1.54) is 0 Å². The maximum Gasteiger partial charge on any atom is 0.433 e. The summed E-state index contributed by atoms with van der Waals surface area (Å²) < 4.78 is 83.7. The van der Waals surface area contributed by atoms with E-state index in [9.17, 15) is 40.7 Å². The predicted octanol–water partition coefficient (Wildman–Crippen LogP) is 2.25. The minimum absolute atomic E-state index is 0.137. The van der Waals surface area contributed by atoms with Gasteiger partial charge in [-0.05, 0) is 12.5 Å². The molecule has 142 valence electrons. The second-order valence-corrected chi connectivity index (χ2v) is 5.76. The Kier molecular flexibility index (Phi) is 5.32. The average molecular weight is 375 g/mol. The summed E-state index contributed by atoms with van der Waals surface area (Å²) in [5.41, 5.74) is -8.32. The number of allylic oxidation sites excluding steroid dienone is 1. The van der Waals surface area contributed by atoms with Gasteiger partial charge in [0.25, 0.3) is 5.67 Å². The number of carbonyl (C=O) groups is 3. The first-order valence-corrected chi connectivity index (χ1v) is 6.90. The molecule has 0 bridgehead atoms. The number of rotatable bonds is 7. The Balaban J connectivity index is 2.83. The third-order valence-corrected chi connectivity index (χ3v) is 3.72. The highest BCUT2D eigenvalue weighted by molar-refractivity contribution is 6.07. The topological polar surface area (TPSA) is 72.5 Å². The number of esters is 1. The molecule has 1 saturated carbocycles. The van der Waals surface area contributed by atoms with Gasteiger partial charge in [0.05, 0.1) is 6.61 Å². The molecular weight excluding hydrogens is 360 g/mol. The Morgan fingerprint density at radius 2 is 1.68 bits per heavy atom. The van der Waals surface area contributed by atoms with E-state index in [0.29, 0.717) is 6.92 Å². The molecule has 25 heavy (non-hydrogen) atoms. The molecule has 0 aromatic carbocycles. The van der Waals surface area contributed by atoms with Gasteiger partial charge in [-0.25, -0.2) is 9.18 Å². The first kappa shape index (κ1) is 21.0. The Hall–Kier alpha value is -2.07. The van der Waals surface area contributed by atoms with E-state index in [0.717, 1.165) is 6.92 Å². The van der Waals surface area contributed by atoms with Crippen molar-refractivity contribution in [3.8, 4) is 0 Å². The fourth-order valence-corrected chi connectivity index (χ4v) is 2.21. The van der Waals surface area contributed by atoms with Crippen molar-refractivity contribution < 1.29 is 45.5 Å². The number of carbonyl (C=O) groups excluding carboxylic acids is 3. The van der Waals surface area contributed by atoms with Crippen LogP contribution >= 0.6 is 0 Å². The summed E-state index contributed by atoms with van der Waals surface area (Å²) in [7, 11) is 0. The van der Waals surface area contributed by atoms with Crippen molar-refractivity contribution in [2.24, 2.45) is 0 Å². The van der Waals surface area contributed by atoms with Crippen LogP contribution in [0.5, 0.6) is 0 Å². The van der Waals surface area contributed by atoms with E-state index < -0.39 is 59.6 Å². The zero-order valence-electron chi connectivity index (χ0n) is 13.2. The van der Waals surface area contributed by atoms with Crippen molar-refractivity contribution in [2.75, 3.05) is 6.61 Å². The van der Waals surface area contributed by atoms with Gasteiger partial charge in [-0.2, -0.15) is 22.0 Å². The Bertz CT molecular complexity index is 617. The number of hydrogen-bond acceptors (Lipinski definition) is 4. The van der Waals surface area contributed by atoms with E-state index in [1.807, 2.05) is 0 Å². The molecule has 0 aromatic rings. The van der Waals surface area contributed by atoms with Gasteiger partial charge in [0.1, 0.15) is 5.54 Å². The van der Waals surface area contributed by atoms with Gasteiger partial charge < -0.3 is 10.1 Å². The van der Waals surface area contributed by atoms with E-state index in [2.05, 4.69) is 16.6 Å². The van der Waals surface area contributed by atoms with Gasteiger partial charge in [0, 0.05) is 19.8 Å². The lowest BCUT2D eigenvalue weighted by molar-refractivity contribution is -0.285. The largest absolute Gasteiger partial charge is 0.461 e. The molecule has 1 aliphatic rings. The standard InChI is InChI=1S/C14H15F6NO4/c1-7(2)12(15,14(18,19)20)13(16,17)10(24)25-5-4-11(6-9(11)23)21-8(3)22/h1,4-6H2,2-3H3,(H,21,22). The quantitative estimate of drug-likeness (QED) is 0.421. The number of Topliss-reactive ketones (excluding diaryl/α,β-unsaturated/α-hetero) is 1. The SMILES string of the molecule is C=C(C)C(F)(C(F)(F)F)C(F)(F)C(=O)OCCC1(NC(C)=O)CC1=O. The zero-order valence-corrected chi connectivity index (χ0v) is 13.2. The lowest BCUT2D eigenvalue weighted by atomic mass is 9.90. The van der Waals surface area contributed by atoms with Gasteiger partial charge in [-0.15, -0.1) is 0 Å². The Morgan fingerprint density at radius 1 is 1.20 bits per heavy atom.